The molecule has 0 saturated carbocycles. The smallest absolute Gasteiger partial charge is 0.352 e. The van der Waals surface area contributed by atoms with E-state index in [2.05, 4.69) is 15.5 Å². The number of carbonyl (C=O) groups excluding carboxylic acids is 1. The number of fused-ring (bicyclic) bond motifs is 1. The molecule has 4 N–H and O–H groups in total. The average Bonchev–Trinajstić information content (AvgIpc) is 3.11. The summed E-state index contributed by atoms with van der Waals surface area (Å²) in [5.74, 6) is -1.30. The number of amides is 1. The lowest BCUT2D eigenvalue weighted by Gasteiger charge is -2.23. The number of ether oxygens (including phenoxy) is 1. The quantitative estimate of drug-likeness (QED) is 0.525. The van der Waals surface area contributed by atoms with Crippen molar-refractivity contribution in [2.24, 2.45) is 5.73 Å². The van der Waals surface area contributed by atoms with Gasteiger partial charge in [0.2, 0.25) is 5.91 Å². The number of hydrogen-bond donors (Lipinski definition) is 3. The van der Waals surface area contributed by atoms with E-state index in [9.17, 15) is 14.7 Å². The zero-order valence-electron chi connectivity index (χ0n) is 16.2. The molecule has 1 atom stereocenters. The van der Waals surface area contributed by atoms with Crippen LogP contribution in [0, 0.1) is 0 Å². The molecular formula is C20H23N5O4. The number of benzene rings is 1. The number of carboxylic acid groups (broad SMARTS) is 1. The van der Waals surface area contributed by atoms with Crippen molar-refractivity contribution < 1.29 is 19.4 Å². The Morgan fingerprint density at radius 1 is 1.17 bits per heavy atom. The highest BCUT2D eigenvalue weighted by atomic mass is 16.5. The number of rotatable bonds is 8. The monoisotopic (exact) mass is 397 g/mol. The van der Waals surface area contributed by atoms with Gasteiger partial charge in [0.05, 0.1) is 18.8 Å². The topological polar surface area (TPSA) is 132 Å². The molecule has 0 spiro atoms. The number of aromatic nitrogens is 3. The average molecular weight is 397 g/mol. The Labute approximate surface area is 167 Å². The first-order chi connectivity index (χ1) is 13.8. The van der Waals surface area contributed by atoms with E-state index >= 15 is 0 Å². The Morgan fingerprint density at radius 3 is 2.55 bits per heavy atom. The minimum Gasteiger partial charge on any atom is -0.477 e. The lowest BCUT2D eigenvalue weighted by molar-refractivity contribution is -0.126. The summed E-state index contributed by atoms with van der Waals surface area (Å²) >= 11 is 0. The minimum atomic E-state index is -1.13. The van der Waals surface area contributed by atoms with E-state index in [0.717, 1.165) is 5.56 Å². The Hall–Kier alpha value is -3.30. The standard InChI is InChI=1S/C20H23N5O4/c1-20(2,21)19(28)22-14(12-29-11-13-7-4-3-5-8-13)17-24-23-16-10-6-9-15(18(26)27)25(16)17/h3-10,14H,11-12,21H2,1-2H3,(H,22,28)(H,26,27)/t14-/m1/s1. The molecule has 0 saturated heterocycles. The van der Waals surface area contributed by atoms with E-state index in [-0.39, 0.29) is 18.1 Å². The second kappa shape index (κ2) is 8.38. The lowest BCUT2D eigenvalue weighted by Crippen LogP contribution is -2.51. The first kappa shape index (κ1) is 20.4. The number of nitrogens with two attached hydrogens (primary N) is 1. The molecule has 3 aromatic rings. The van der Waals surface area contributed by atoms with Crippen molar-refractivity contribution in [2.45, 2.75) is 32.0 Å². The number of pyridine rings is 1. The van der Waals surface area contributed by atoms with Gasteiger partial charge in [0.25, 0.3) is 0 Å². The maximum Gasteiger partial charge on any atom is 0.352 e. The van der Waals surface area contributed by atoms with Crippen LogP contribution in [0.5, 0.6) is 0 Å². The van der Waals surface area contributed by atoms with Crippen molar-refractivity contribution >= 4 is 17.5 Å². The van der Waals surface area contributed by atoms with Crippen LogP contribution in [0.3, 0.4) is 0 Å². The van der Waals surface area contributed by atoms with Crippen LogP contribution in [0.25, 0.3) is 5.65 Å². The molecule has 1 amide bonds. The first-order valence-electron chi connectivity index (χ1n) is 9.06. The molecule has 0 fully saturated rings. The van der Waals surface area contributed by atoms with Gasteiger partial charge in [0.15, 0.2) is 11.5 Å². The van der Waals surface area contributed by atoms with Crippen molar-refractivity contribution in [3.63, 3.8) is 0 Å². The molecule has 9 nitrogen and oxygen atoms in total. The Bertz CT molecular complexity index is 1010. The zero-order valence-corrected chi connectivity index (χ0v) is 16.2. The number of carbonyl (C=O) groups is 2. The highest BCUT2D eigenvalue weighted by Gasteiger charge is 2.29. The molecule has 0 radical (unpaired) electrons. The van der Waals surface area contributed by atoms with Crippen LogP contribution < -0.4 is 11.1 Å². The van der Waals surface area contributed by atoms with E-state index in [1.165, 1.54) is 10.5 Å². The predicted molar refractivity (Wildman–Crippen MR) is 105 cm³/mol. The molecule has 9 heteroatoms. The SMILES string of the molecule is CC(C)(N)C(=O)N[C@H](COCc1ccccc1)c1nnc2cccc(C(=O)O)n12. The zero-order chi connectivity index (χ0) is 21.0. The summed E-state index contributed by atoms with van der Waals surface area (Å²) in [5, 5.41) is 20.5. The van der Waals surface area contributed by atoms with Crippen LogP contribution in [-0.4, -0.2) is 43.7 Å². The van der Waals surface area contributed by atoms with Crippen molar-refractivity contribution in [3.8, 4) is 0 Å². The molecule has 152 valence electrons. The van der Waals surface area contributed by atoms with Crippen LogP contribution >= 0.6 is 0 Å². The third-order valence-electron chi connectivity index (χ3n) is 4.27. The molecule has 1 aromatic carbocycles. The van der Waals surface area contributed by atoms with Crippen LogP contribution in [0.2, 0.25) is 0 Å². The second-order valence-corrected chi connectivity index (χ2v) is 7.22. The molecule has 0 aliphatic heterocycles. The fraction of sp³-hybridized carbons (Fsp3) is 0.300. The molecule has 0 unspecified atom stereocenters. The number of nitrogens with one attached hydrogen (secondary N) is 1. The van der Waals surface area contributed by atoms with Gasteiger partial charge in [0.1, 0.15) is 11.7 Å². The third-order valence-corrected chi connectivity index (χ3v) is 4.27. The van der Waals surface area contributed by atoms with E-state index < -0.39 is 23.5 Å². The number of aromatic carboxylic acids is 1. The molecule has 0 bridgehead atoms. The molecule has 3 rings (SSSR count). The minimum absolute atomic E-state index is 0.0168. The van der Waals surface area contributed by atoms with Gasteiger partial charge in [-0.1, -0.05) is 36.4 Å². The van der Waals surface area contributed by atoms with Gasteiger partial charge >= 0.3 is 5.97 Å². The van der Waals surface area contributed by atoms with Crippen LogP contribution in [0.15, 0.2) is 48.5 Å². The normalized spacial score (nSPS) is 12.7. The van der Waals surface area contributed by atoms with Gasteiger partial charge < -0.3 is 20.9 Å². The van der Waals surface area contributed by atoms with Gasteiger partial charge in [-0.15, -0.1) is 10.2 Å². The molecule has 0 aliphatic rings. The fourth-order valence-corrected chi connectivity index (χ4v) is 2.75. The summed E-state index contributed by atoms with van der Waals surface area (Å²) in [6.07, 6.45) is 0. The Kier molecular flexibility index (Phi) is 5.90. The van der Waals surface area contributed by atoms with E-state index in [1.54, 1.807) is 26.0 Å². The van der Waals surface area contributed by atoms with Crippen LogP contribution in [0.1, 0.15) is 41.8 Å². The van der Waals surface area contributed by atoms with E-state index in [1.807, 2.05) is 30.3 Å². The van der Waals surface area contributed by atoms with Gasteiger partial charge in [-0.2, -0.15) is 0 Å². The van der Waals surface area contributed by atoms with Gasteiger partial charge in [-0.05, 0) is 31.5 Å². The number of nitrogens with zero attached hydrogens (tertiary/aromatic N) is 3. The molecule has 29 heavy (non-hydrogen) atoms. The van der Waals surface area contributed by atoms with Crippen molar-refractivity contribution in [1.29, 1.82) is 0 Å². The summed E-state index contributed by atoms with van der Waals surface area (Å²) in [6, 6.07) is 13.5. The Balaban J connectivity index is 1.91. The molecule has 2 heterocycles. The van der Waals surface area contributed by atoms with Crippen molar-refractivity contribution in [3.05, 3.63) is 65.6 Å². The van der Waals surface area contributed by atoms with Gasteiger partial charge in [0, 0.05) is 0 Å². The molecule has 2 aromatic heterocycles. The summed E-state index contributed by atoms with van der Waals surface area (Å²) in [5.41, 5.74) is 6.08. The second-order valence-electron chi connectivity index (χ2n) is 7.22. The van der Waals surface area contributed by atoms with E-state index in [0.29, 0.717) is 12.3 Å². The number of hydrogen-bond acceptors (Lipinski definition) is 6. The number of carboxylic acids is 1. The van der Waals surface area contributed by atoms with Crippen LogP contribution in [0.4, 0.5) is 0 Å². The van der Waals surface area contributed by atoms with Crippen molar-refractivity contribution in [1.82, 2.24) is 19.9 Å². The summed E-state index contributed by atoms with van der Waals surface area (Å²) in [7, 11) is 0. The first-order valence-corrected chi connectivity index (χ1v) is 9.06. The largest absolute Gasteiger partial charge is 0.477 e. The summed E-state index contributed by atoms with van der Waals surface area (Å²) in [6.45, 7) is 3.54. The summed E-state index contributed by atoms with van der Waals surface area (Å²) < 4.78 is 7.18. The van der Waals surface area contributed by atoms with Gasteiger partial charge in [-0.25, -0.2) is 4.79 Å². The highest BCUT2D eigenvalue weighted by Crippen LogP contribution is 2.18. The maximum atomic E-state index is 12.5. The van der Waals surface area contributed by atoms with Gasteiger partial charge in [-0.3, -0.25) is 9.20 Å². The molecule has 0 aliphatic carbocycles. The van der Waals surface area contributed by atoms with Crippen molar-refractivity contribution in [2.75, 3.05) is 6.61 Å². The highest BCUT2D eigenvalue weighted by molar-refractivity contribution is 5.87. The summed E-state index contributed by atoms with van der Waals surface area (Å²) in [4.78, 5) is 24.1. The Morgan fingerprint density at radius 2 is 1.90 bits per heavy atom. The predicted octanol–water partition coefficient (Wildman–Crippen LogP) is 1.54. The molecular weight excluding hydrogens is 374 g/mol. The maximum absolute atomic E-state index is 12.5. The van der Waals surface area contributed by atoms with E-state index in [4.69, 9.17) is 10.5 Å². The van der Waals surface area contributed by atoms with Crippen LogP contribution in [-0.2, 0) is 16.1 Å². The lowest BCUT2D eigenvalue weighted by atomic mass is 10.1. The third kappa shape index (κ3) is 4.76. The fourth-order valence-electron chi connectivity index (χ4n) is 2.75.